The molecular weight excluding hydrogens is 315 g/mol. The van der Waals surface area contributed by atoms with Gasteiger partial charge in [-0.2, -0.15) is 5.10 Å². The largest absolute Gasteiger partial charge is 0.372 e. The van der Waals surface area contributed by atoms with Crippen molar-refractivity contribution in [2.75, 3.05) is 19.0 Å². The molecule has 1 amide bonds. The van der Waals surface area contributed by atoms with Crippen molar-refractivity contribution in [1.82, 2.24) is 5.43 Å². The molecule has 7 nitrogen and oxygen atoms in total. The number of carbonyl (C=O) groups excluding carboxylic acids is 1. The summed E-state index contributed by atoms with van der Waals surface area (Å²) in [6.45, 7) is 0. The van der Waals surface area contributed by atoms with Crippen molar-refractivity contribution in [3.8, 4) is 0 Å². The predicted octanol–water partition coefficient (Wildman–Crippen LogP) is 2.56. The highest BCUT2D eigenvalue weighted by Gasteiger charge is 2.15. The molecule has 0 unspecified atom stereocenters. The maximum Gasteiger partial charge on any atom is 0.293 e. The fourth-order valence-electron chi connectivity index (χ4n) is 1.98. The molecule has 0 saturated heterocycles. The lowest BCUT2D eigenvalue weighted by Gasteiger charge is -2.12. The lowest BCUT2D eigenvalue weighted by Crippen LogP contribution is -2.17. The van der Waals surface area contributed by atoms with Crippen LogP contribution in [0.1, 0.15) is 15.9 Å². The van der Waals surface area contributed by atoms with Gasteiger partial charge in [0, 0.05) is 31.3 Å². The van der Waals surface area contributed by atoms with Crippen LogP contribution in [0.3, 0.4) is 0 Å². The van der Waals surface area contributed by atoms with Gasteiger partial charge < -0.3 is 4.90 Å². The molecule has 0 aliphatic rings. The number of nitrogens with one attached hydrogen (secondary N) is 1. The molecule has 2 aromatic carbocycles. The van der Waals surface area contributed by atoms with Crippen molar-refractivity contribution in [2.45, 2.75) is 0 Å². The summed E-state index contributed by atoms with van der Waals surface area (Å²) in [6.07, 6.45) is 1.30. The van der Waals surface area contributed by atoms with Crippen LogP contribution >= 0.6 is 0 Å². The van der Waals surface area contributed by atoms with E-state index in [9.17, 15) is 19.3 Å². The Bertz CT molecular complexity index is 788. The zero-order valence-corrected chi connectivity index (χ0v) is 13.1. The summed E-state index contributed by atoms with van der Waals surface area (Å²) in [4.78, 5) is 24.1. The number of hydrazone groups is 1. The van der Waals surface area contributed by atoms with Gasteiger partial charge in [-0.1, -0.05) is 6.07 Å². The second kappa shape index (κ2) is 7.32. The van der Waals surface area contributed by atoms with Gasteiger partial charge in [-0.25, -0.2) is 9.82 Å². The number of nitro groups is 1. The molecule has 24 heavy (non-hydrogen) atoms. The van der Waals surface area contributed by atoms with Crippen LogP contribution in [0.25, 0.3) is 0 Å². The van der Waals surface area contributed by atoms with Crippen LogP contribution in [0.15, 0.2) is 47.6 Å². The standard InChI is InChI=1S/C16H15FN4O3/c1-20(2)14-8-3-11(9-15(14)21(23)24)10-18-19-16(22)12-4-6-13(17)7-5-12/h3-10H,1-2H3,(H,19,22)/b18-10-. The van der Waals surface area contributed by atoms with Crippen molar-refractivity contribution < 1.29 is 14.1 Å². The van der Waals surface area contributed by atoms with Crippen LogP contribution in [0.2, 0.25) is 0 Å². The van der Waals surface area contributed by atoms with Crippen LogP contribution < -0.4 is 10.3 Å². The van der Waals surface area contributed by atoms with Gasteiger partial charge in [0.15, 0.2) is 0 Å². The molecule has 0 saturated carbocycles. The molecule has 0 spiro atoms. The quantitative estimate of drug-likeness (QED) is 0.518. The highest BCUT2D eigenvalue weighted by Crippen LogP contribution is 2.27. The van der Waals surface area contributed by atoms with Crippen LogP contribution in [0.4, 0.5) is 15.8 Å². The molecule has 0 heterocycles. The monoisotopic (exact) mass is 330 g/mol. The molecule has 0 radical (unpaired) electrons. The molecule has 2 rings (SSSR count). The number of anilines is 1. The van der Waals surface area contributed by atoms with Gasteiger partial charge in [-0.3, -0.25) is 14.9 Å². The Hall–Kier alpha value is -3.29. The second-order valence-corrected chi connectivity index (χ2v) is 5.11. The summed E-state index contributed by atoms with van der Waals surface area (Å²) in [7, 11) is 3.41. The first kappa shape index (κ1) is 17.1. The zero-order valence-electron chi connectivity index (χ0n) is 13.1. The maximum atomic E-state index is 12.8. The Labute approximate surface area is 137 Å². The van der Waals surface area contributed by atoms with Gasteiger partial charge in [0.1, 0.15) is 11.5 Å². The second-order valence-electron chi connectivity index (χ2n) is 5.11. The molecule has 0 fully saturated rings. The number of rotatable bonds is 5. The van der Waals surface area contributed by atoms with E-state index in [1.54, 1.807) is 31.1 Å². The van der Waals surface area contributed by atoms with E-state index in [0.717, 1.165) is 0 Å². The van der Waals surface area contributed by atoms with E-state index in [4.69, 9.17) is 0 Å². The zero-order chi connectivity index (χ0) is 17.7. The highest BCUT2D eigenvalue weighted by molar-refractivity contribution is 5.95. The summed E-state index contributed by atoms with van der Waals surface area (Å²) in [5.41, 5.74) is 3.40. The predicted molar refractivity (Wildman–Crippen MR) is 88.9 cm³/mol. The number of carbonyl (C=O) groups is 1. The number of amides is 1. The van der Waals surface area contributed by atoms with Crippen molar-refractivity contribution >= 4 is 23.5 Å². The molecule has 0 aliphatic carbocycles. The molecule has 0 bridgehead atoms. The van der Waals surface area contributed by atoms with Crippen molar-refractivity contribution in [2.24, 2.45) is 5.10 Å². The Morgan fingerprint density at radius 3 is 2.50 bits per heavy atom. The number of halogens is 1. The van der Waals surface area contributed by atoms with E-state index in [2.05, 4.69) is 10.5 Å². The summed E-state index contributed by atoms with van der Waals surface area (Å²) in [5.74, 6) is -0.950. The number of nitrogens with zero attached hydrogens (tertiary/aromatic N) is 3. The van der Waals surface area contributed by atoms with Crippen molar-refractivity contribution in [3.63, 3.8) is 0 Å². The van der Waals surface area contributed by atoms with Crippen LogP contribution in [-0.4, -0.2) is 31.1 Å². The minimum absolute atomic E-state index is 0.0613. The average Bonchev–Trinajstić information content (AvgIpc) is 2.55. The summed E-state index contributed by atoms with van der Waals surface area (Å²) in [6, 6.07) is 9.61. The molecule has 0 atom stereocenters. The van der Waals surface area contributed by atoms with Gasteiger partial charge in [0.25, 0.3) is 11.6 Å². The fraction of sp³-hybridized carbons (Fsp3) is 0.125. The molecule has 124 valence electrons. The number of hydrogen-bond acceptors (Lipinski definition) is 5. The summed E-state index contributed by atoms with van der Waals surface area (Å²) in [5, 5.41) is 14.9. The summed E-state index contributed by atoms with van der Waals surface area (Å²) < 4.78 is 12.8. The SMILES string of the molecule is CN(C)c1ccc(/C=N\NC(=O)c2ccc(F)cc2)cc1[N+](=O)[O-]. The van der Waals surface area contributed by atoms with Gasteiger partial charge in [0.05, 0.1) is 11.1 Å². The molecule has 2 aromatic rings. The number of nitro benzene ring substituents is 1. The van der Waals surface area contributed by atoms with Crippen molar-refractivity contribution in [3.05, 3.63) is 69.5 Å². The van der Waals surface area contributed by atoms with Gasteiger partial charge in [0.2, 0.25) is 0 Å². The minimum Gasteiger partial charge on any atom is -0.372 e. The summed E-state index contributed by atoms with van der Waals surface area (Å²) >= 11 is 0. The van der Waals surface area contributed by atoms with Gasteiger partial charge in [-0.05, 0) is 30.3 Å². The third kappa shape index (κ3) is 4.13. The molecule has 8 heteroatoms. The number of hydrogen-bond donors (Lipinski definition) is 1. The lowest BCUT2D eigenvalue weighted by molar-refractivity contribution is -0.384. The normalized spacial score (nSPS) is 10.6. The van der Waals surface area contributed by atoms with Crippen molar-refractivity contribution in [1.29, 1.82) is 0 Å². The Morgan fingerprint density at radius 2 is 1.92 bits per heavy atom. The molecular formula is C16H15FN4O3. The van der Waals surface area contributed by atoms with Gasteiger partial charge >= 0.3 is 0 Å². The first-order valence-corrected chi connectivity index (χ1v) is 6.93. The maximum absolute atomic E-state index is 12.8. The number of benzene rings is 2. The van der Waals surface area contributed by atoms with E-state index < -0.39 is 16.6 Å². The topological polar surface area (TPSA) is 87.8 Å². The molecule has 0 aromatic heterocycles. The Kier molecular flexibility index (Phi) is 5.20. The smallest absolute Gasteiger partial charge is 0.293 e. The third-order valence-electron chi connectivity index (χ3n) is 3.16. The Balaban J connectivity index is 2.11. The average molecular weight is 330 g/mol. The van der Waals surface area contributed by atoms with E-state index in [0.29, 0.717) is 11.3 Å². The van der Waals surface area contributed by atoms with E-state index in [1.165, 1.54) is 36.5 Å². The third-order valence-corrected chi connectivity index (χ3v) is 3.16. The molecule has 1 N–H and O–H groups in total. The molecule has 0 aliphatic heterocycles. The van der Waals surface area contributed by atoms with E-state index in [-0.39, 0.29) is 11.3 Å². The fourth-order valence-corrected chi connectivity index (χ4v) is 1.98. The van der Waals surface area contributed by atoms with Crippen LogP contribution in [0, 0.1) is 15.9 Å². The highest BCUT2D eigenvalue weighted by atomic mass is 19.1. The van der Waals surface area contributed by atoms with E-state index >= 15 is 0 Å². The van der Waals surface area contributed by atoms with Crippen LogP contribution in [0.5, 0.6) is 0 Å². The first-order valence-electron chi connectivity index (χ1n) is 6.93. The Morgan fingerprint density at radius 1 is 1.25 bits per heavy atom. The van der Waals surface area contributed by atoms with Crippen LogP contribution in [-0.2, 0) is 0 Å². The van der Waals surface area contributed by atoms with Gasteiger partial charge in [-0.15, -0.1) is 0 Å². The minimum atomic E-state index is -0.509. The van der Waals surface area contributed by atoms with E-state index in [1.807, 2.05) is 0 Å². The lowest BCUT2D eigenvalue weighted by atomic mass is 10.2. The first-order chi connectivity index (χ1) is 11.4.